The Hall–Kier alpha value is -3.32. The Morgan fingerprint density at radius 3 is 2.50 bits per heavy atom. The van der Waals surface area contributed by atoms with Gasteiger partial charge >= 0.3 is 0 Å². The van der Waals surface area contributed by atoms with Gasteiger partial charge in [0.2, 0.25) is 6.79 Å². The molecule has 0 radical (unpaired) electrons. The SMILES string of the molecule is O=C(Nc1ccc2c(c1)OCO2)c1cnc(Nc2ccc(Cl)cc2)cn1. The number of amides is 1. The minimum atomic E-state index is -0.366. The van der Waals surface area contributed by atoms with Gasteiger partial charge in [0.1, 0.15) is 11.5 Å². The van der Waals surface area contributed by atoms with E-state index in [1.54, 1.807) is 30.3 Å². The summed E-state index contributed by atoms with van der Waals surface area (Å²) < 4.78 is 10.5. The molecule has 0 fully saturated rings. The summed E-state index contributed by atoms with van der Waals surface area (Å²) in [5.74, 6) is 1.40. The molecule has 0 saturated carbocycles. The number of hydrogen-bond acceptors (Lipinski definition) is 6. The molecule has 3 aromatic rings. The fourth-order valence-corrected chi connectivity index (χ4v) is 2.49. The number of nitrogens with zero attached hydrogens (tertiary/aromatic N) is 2. The van der Waals surface area contributed by atoms with E-state index in [2.05, 4.69) is 20.6 Å². The van der Waals surface area contributed by atoms with Gasteiger partial charge in [0.05, 0.1) is 12.4 Å². The zero-order valence-electron chi connectivity index (χ0n) is 13.4. The van der Waals surface area contributed by atoms with Crippen LogP contribution in [0.4, 0.5) is 17.2 Å². The molecule has 0 unspecified atom stereocenters. The predicted molar refractivity (Wildman–Crippen MR) is 97.3 cm³/mol. The van der Waals surface area contributed by atoms with Crippen molar-refractivity contribution in [2.45, 2.75) is 0 Å². The molecule has 1 aliphatic rings. The predicted octanol–water partition coefficient (Wildman–Crippen LogP) is 3.85. The van der Waals surface area contributed by atoms with Crippen LogP contribution < -0.4 is 20.1 Å². The standard InChI is InChI=1S/C18H13ClN4O3/c19-11-1-3-12(4-2-11)22-17-9-20-14(8-21-17)18(24)23-13-5-6-15-16(7-13)26-10-25-15/h1-9H,10H2,(H,21,22)(H,23,24). The van der Waals surface area contributed by atoms with Crippen LogP contribution in [0.15, 0.2) is 54.9 Å². The van der Waals surface area contributed by atoms with Gasteiger partial charge in [0.15, 0.2) is 11.5 Å². The van der Waals surface area contributed by atoms with E-state index < -0.39 is 0 Å². The van der Waals surface area contributed by atoms with Gasteiger partial charge in [-0.05, 0) is 36.4 Å². The third kappa shape index (κ3) is 3.52. The quantitative estimate of drug-likeness (QED) is 0.727. The molecule has 0 bridgehead atoms. The first-order chi connectivity index (χ1) is 12.7. The van der Waals surface area contributed by atoms with Crippen LogP contribution in [-0.2, 0) is 0 Å². The zero-order valence-corrected chi connectivity index (χ0v) is 14.2. The molecule has 2 heterocycles. The number of carbonyl (C=O) groups is 1. The summed E-state index contributed by atoms with van der Waals surface area (Å²) in [7, 11) is 0. The molecule has 0 atom stereocenters. The molecular formula is C18H13ClN4O3. The van der Waals surface area contributed by atoms with Gasteiger partial charge in [-0.3, -0.25) is 4.79 Å². The lowest BCUT2D eigenvalue weighted by atomic mass is 10.2. The van der Waals surface area contributed by atoms with Crippen LogP contribution in [0.25, 0.3) is 0 Å². The number of fused-ring (bicyclic) bond motifs is 1. The molecule has 1 amide bonds. The number of aromatic nitrogens is 2. The molecule has 1 aromatic heterocycles. The lowest BCUT2D eigenvalue weighted by Gasteiger charge is -2.07. The molecular weight excluding hydrogens is 356 g/mol. The Bertz CT molecular complexity index is 946. The molecule has 4 rings (SSSR count). The number of benzene rings is 2. The maximum atomic E-state index is 12.3. The van der Waals surface area contributed by atoms with Crippen LogP contribution in [0.3, 0.4) is 0 Å². The fraction of sp³-hybridized carbons (Fsp3) is 0.0556. The lowest BCUT2D eigenvalue weighted by molar-refractivity contribution is 0.102. The first kappa shape index (κ1) is 16.2. The second kappa shape index (κ2) is 6.89. The minimum Gasteiger partial charge on any atom is -0.454 e. The third-order valence-corrected chi connectivity index (χ3v) is 3.88. The van der Waals surface area contributed by atoms with Crippen LogP contribution in [0.2, 0.25) is 5.02 Å². The van der Waals surface area contributed by atoms with Gasteiger partial charge < -0.3 is 20.1 Å². The summed E-state index contributed by atoms with van der Waals surface area (Å²) in [5, 5.41) is 6.48. The first-order valence-corrected chi connectivity index (χ1v) is 8.11. The number of carbonyl (C=O) groups excluding carboxylic acids is 1. The molecule has 2 N–H and O–H groups in total. The smallest absolute Gasteiger partial charge is 0.275 e. The molecule has 0 aliphatic carbocycles. The van der Waals surface area contributed by atoms with E-state index in [0.29, 0.717) is 28.0 Å². The van der Waals surface area contributed by atoms with E-state index >= 15 is 0 Å². The molecule has 0 spiro atoms. The fourth-order valence-electron chi connectivity index (χ4n) is 2.36. The molecule has 8 heteroatoms. The Kier molecular flexibility index (Phi) is 4.28. The number of anilines is 3. The Morgan fingerprint density at radius 1 is 0.962 bits per heavy atom. The highest BCUT2D eigenvalue weighted by molar-refractivity contribution is 6.30. The van der Waals surface area contributed by atoms with E-state index in [-0.39, 0.29) is 18.4 Å². The van der Waals surface area contributed by atoms with E-state index in [4.69, 9.17) is 21.1 Å². The third-order valence-electron chi connectivity index (χ3n) is 3.63. The second-order valence-electron chi connectivity index (χ2n) is 5.44. The van der Waals surface area contributed by atoms with Gasteiger partial charge in [-0.15, -0.1) is 0 Å². The van der Waals surface area contributed by atoms with Crippen molar-refractivity contribution in [3.63, 3.8) is 0 Å². The molecule has 1 aliphatic heterocycles. The normalized spacial score (nSPS) is 11.9. The maximum absolute atomic E-state index is 12.3. The van der Waals surface area contributed by atoms with E-state index in [1.165, 1.54) is 12.4 Å². The average Bonchev–Trinajstić information content (AvgIpc) is 3.12. The zero-order chi connectivity index (χ0) is 17.9. The monoisotopic (exact) mass is 368 g/mol. The summed E-state index contributed by atoms with van der Waals surface area (Å²) >= 11 is 5.85. The summed E-state index contributed by atoms with van der Waals surface area (Å²) in [6.45, 7) is 0.181. The summed E-state index contributed by atoms with van der Waals surface area (Å²) in [6, 6.07) is 12.4. The summed E-state index contributed by atoms with van der Waals surface area (Å²) in [5.41, 5.74) is 1.61. The van der Waals surface area contributed by atoms with E-state index in [0.717, 1.165) is 5.69 Å². The van der Waals surface area contributed by atoms with Crippen molar-refractivity contribution in [1.29, 1.82) is 0 Å². The molecule has 7 nitrogen and oxygen atoms in total. The number of nitrogens with one attached hydrogen (secondary N) is 2. The van der Waals surface area contributed by atoms with Crippen LogP contribution in [0, 0.1) is 0 Å². The van der Waals surface area contributed by atoms with Crippen molar-refractivity contribution in [2.24, 2.45) is 0 Å². The topological polar surface area (TPSA) is 85.4 Å². The summed E-state index contributed by atoms with van der Waals surface area (Å²) in [4.78, 5) is 20.6. The maximum Gasteiger partial charge on any atom is 0.275 e. The molecule has 130 valence electrons. The first-order valence-electron chi connectivity index (χ1n) is 7.73. The van der Waals surface area contributed by atoms with Crippen molar-refractivity contribution in [3.05, 3.63) is 65.6 Å². The average molecular weight is 369 g/mol. The molecule has 2 aromatic carbocycles. The summed E-state index contributed by atoms with van der Waals surface area (Å²) in [6.07, 6.45) is 2.89. The highest BCUT2D eigenvalue weighted by Crippen LogP contribution is 2.34. The Balaban J connectivity index is 1.42. The minimum absolute atomic E-state index is 0.181. The van der Waals surface area contributed by atoms with Crippen LogP contribution in [0.1, 0.15) is 10.5 Å². The lowest BCUT2D eigenvalue weighted by Crippen LogP contribution is -2.14. The van der Waals surface area contributed by atoms with Crippen molar-refractivity contribution in [1.82, 2.24) is 9.97 Å². The van der Waals surface area contributed by atoms with Gasteiger partial charge in [-0.1, -0.05) is 11.6 Å². The van der Waals surface area contributed by atoms with Gasteiger partial charge in [-0.25, -0.2) is 9.97 Å². The van der Waals surface area contributed by atoms with Crippen molar-refractivity contribution in [2.75, 3.05) is 17.4 Å². The van der Waals surface area contributed by atoms with Gasteiger partial charge in [0, 0.05) is 22.5 Å². The van der Waals surface area contributed by atoms with Crippen molar-refractivity contribution in [3.8, 4) is 11.5 Å². The highest BCUT2D eigenvalue weighted by atomic mass is 35.5. The Morgan fingerprint density at radius 2 is 1.73 bits per heavy atom. The van der Waals surface area contributed by atoms with Gasteiger partial charge in [0.25, 0.3) is 5.91 Å². The second-order valence-corrected chi connectivity index (χ2v) is 5.88. The Labute approximate surface area is 154 Å². The number of rotatable bonds is 4. The van der Waals surface area contributed by atoms with Gasteiger partial charge in [-0.2, -0.15) is 0 Å². The highest BCUT2D eigenvalue weighted by Gasteiger charge is 2.15. The van der Waals surface area contributed by atoms with Crippen LogP contribution in [-0.4, -0.2) is 22.7 Å². The van der Waals surface area contributed by atoms with Crippen molar-refractivity contribution >= 4 is 34.7 Å². The van der Waals surface area contributed by atoms with Crippen LogP contribution in [0.5, 0.6) is 11.5 Å². The molecule has 0 saturated heterocycles. The van der Waals surface area contributed by atoms with Crippen LogP contribution >= 0.6 is 11.6 Å². The van der Waals surface area contributed by atoms with E-state index in [1.807, 2.05) is 12.1 Å². The number of hydrogen-bond donors (Lipinski definition) is 2. The largest absolute Gasteiger partial charge is 0.454 e. The molecule has 26 heavy (non-hydrogen) atoms. The number of halogens is 1. The van der Waals surface area contributed by atoms with Crippen molar-refractivity contribution < 1.29 is 14.3 Å². The van der Waals surface area contributed by atoms with E-state index in [9.17, 15) is 4.79 Å². The number of ether oxygens (including phenoxy) is 2.